The van der Waals surface area contributed by atoms with Crippen LogP contribution in [0.5, 0.6) is 0 Å². The second-order valence-corrected chi connectivity index (χ2v) is 6.47. The maximum absolute atomic E-state index is 11.5. The van der Waals surface area contributed by atoms with Gasteiger partial charge in [-0.3, -0.25) is 4.79 Å². The van der Waals surface area contributed by atoms with Gasteiger partial charge in [0.05, 0.1) is 24.5 Å². The third kappa shape index (κ3) is 9.34. The Kier molecular flexibility index (Phi) is 8.08. The zero-order valence-corrected chi connectivity index (χ0v) is 11.6. The average molecular weight is 282 g/mol. The molecule has 4 N–H and O–H groups in total. The van der Waals surface area contributed by atoms with Crippen molar-refractivity contribution in [2.75, 3.05) is 32.3 Å². The van der Waals surface area contributed by atoms with Crippen LogP contribution in [0.3, 0.4) is 0 Å². The molecule has 2 unspecified atom stereocenters. The highest BCUT2D eigenvalue weighted by Gasteiger charge is 2.15. The molecule has 0 radical (unpaired) electrons. The Morgan fingerprint density at radius 1 is 1.44 bits per heavy atom. The van der Waals surface area contributed by atoms with Gasteiger partial charge in [0.25, 0.3) is 0 Å². The van der Waals surface area contributed by atoms with Gasteiger partial charge in [-0.25, -0.2) is 8.42 Å². The molecule has 18 heavy (non-hydrogen) atoms. The fourth-order valence-electron chi connectivity index (χ4n) is 1.24. The highest BCUT2D eigenvalue weighted by Crippen LogP contribution is 1.95. The van der Waals surface area contributed by atoms with Crippen molar-refractivity contribution in [3.8, 4) is 0 Å². The van der Waals surface area contributed by atoms with Gasteiger partial charge in [-0.1, -0.05) is 0 Å². The molecule has 0 fully saturated rings. The standard InChI is InChI=1S/C10H22N2O5S/c1-17-7-8(13)3-5-12-10(14)9(11)4-6-18(2,15)16/h8-9,13H,3-7,11H2,1-2H3,(H,12,14). The molecule has 0 saturated carbocycles. The Bertz CT molecular complexity index is 344. The molecule has 0 bridgehead atoms. The number of aliphatic hydroxyl groups excluding tert-OH is 1. The van der Waals surface area contributed by atoms with Crippen LogP contribution in [0.15, 0.2) is 0 Å². The van der Waals surface area contributed by atoms with Gasteiger partial charge in [-0.2, -0.15) is 0 Å². The Hall–Kier alpha value is -0.700. The summed E-state index contributed by atoms with van der Waals surface area (Å²) < 4.78 is 26.5. The maximum Gasteiger partial charge on any atom is 0.236 e. The first kappa shape index (κ1) is 17.3. The van der Waals surface area contributed by atoms with Crippen LogP contribution in [-0.2, 0) is 19.4 Å². The molecule has 8 heteroatoms. The second-order valence-electron chi connectivity index (χ2n) is 4.21. The first-order valence-corrected chi connectivity index (χ1v) is 7.70. The van der Waals surface area contributed by atoms with Crippen LogP contribution in [-0.4, -0.2) is 63.8 Å². The molecule has 1 amide bonds. The number of sulfone groups is 1. The zero-order chi connectivity index (χ0) is 14.2. The molecule has 7 nitrogen and oxygen atoms in total. The third-order valence-electron chi connectivity index (χ3n) is 2.27. The summed E-state index contributed by atoms with van der Waals surface area (Å²) in [6.45, 7) is 0.478. The normalized spacial score (nSPS) is 15.1. The van der Waals surface area contributed by atoms with Crippen molar-refractivity contribution in [1.29, 1.82) is 0 Å². The molecule has 0 aliphatic rings. The Morgan fingerprint density at radius 3 is 2.56 bits per heavy atom. The highest BCUT2D eigenvalue weighted by molar-refractivity contribution is 7.90. The lowest BCUT2D eigenvalue weighted by Gasteiger charge is -2.13. The van der Waals surface area contributed by atoms with E-state index in [-0.39, 0.29) is 25.3 Å². The molecule has 0 aliphatic carbocycles. The summed E-state index contributed by atoms with van der Waals surface area (Å²) in [6.07, 6.45) is 0.908. The molecule has 0 aromatic heterocycles. The van der Waals surface area contributed by atoms with Crippen molar-refractivity contribution in [3.05, 3.63) is 0 Å². The Morgan fingerprint density at radius 2 is 2.06 bits per heavy atom. The summed E-state index contributed by atoms with van der Waals surface area (Å²) in [5, 5.41) is 11.9. The molecule has 0 aromatic rings. The van der Waals surface area contributed by atoms with Crippen molar-refractivity contribution in [3.63, 3.8) is 0 Å². The number of nitrogens with two attached hydrogens (primary N) is 1. The third-order valence-corrected chi connectivity index (χ3v) is 3.25. The number of carbonyl (C=O) groups excluding carboxylic acids is 1. The molecular formula is C10H22N2O5S. The van der Waals surface area contributed by atoms with Gasteiger partial charge in [0.2, 0.25) is 5.91 Å². The zero-order valence-electron chi connectivity index (χ0n) is 10.8. The predicted molar refractivity (Wildman–Crippen MR) is 67.8 cm³/mol. The Labute approximate surface area is 108 Å². The molecular weight excluding hydrogens is 260 g/mol. The number of amides is 1. The van der Waals surface area contributed by atoms with Crippen LogP contribution in [0, 0.1) is 0 Å². The second kappa shape index (κ2) is 8.41. The minimum Gasteiger partial charge on any atom is -0.391 e. The van der Waals surface area contributed by atoms with E-state index in [2.05, 4.69) is 5.32 Å². The minimum atomic E-state index is -3.11. The fraction of sp³-hybridized carbons (Fsp3) is 0.900. The summed E-state index contributed by atoms with van der Waals surface area (Å²) in [7, 11) is -1.64. The quantitative estimate of drug-likeness (QED) is 0.462. The number of carbonyl (C=O) groups is 1. The van der Waals surface area contributed by atoms with Crippen LogP contribution >= 0.6 is 0 Å². The van der Waals surface area contributed by atoms with Gasteiger partial charge in [0.15, 0.2) is 0 Å². The van der Waals surface area contributed by atoms with Crippen LogP contribution in [0.2, 0.25) is 0 Å². The molecule has 2 atom stereocenters. The van der Waals surface area contributed by atoms with Crippen molar-refractivity contribution in [2.45, 2.75) is 25.0 Å². The van der Waals surface area contributed by atoms with E-state index in [4.69, 9.17) is 10.5 Å². The monoisotopic (exact) mass is 282 g/mol. The van der Waals surface area contributed by atoms with Crippen LogP contribution in [0.25, 0.3) is 0 Å². The topological polar surface area (TPSA) is 119 Å². The van der Waals surface area contributed by atoms with Gasteiger partial charge in [-0.15, -0.1) is 0 Å². The summed E-state index contributed by atoms with van der Waals surface area (Å²) in [6, 6.07) is -0.848. The molecule has 0 aliphatic heterocycles. The van der Waals surface area contributed by atoms with Crippen LogP contribution in [0.1, 0.15) is 12.8 Å². The summed E-state index contributed by atoms with van der Waals surface area (Å²) in [5.74, 6) is -0.531. The van der Waals surface area contributed by atoms with Crippen molar-refractivity contribution >= 4 is 15.7 Å². The minimum absolute atomic E-state index is 0.0886. The largest absolute Gasteiger partial charge is 0.391 e. The molecule has 0 rings (SSSR count). The molecule has 0 aromatic carbocycles. The van der Waals surface area contributed by atoms with Crippen LogP contribution < -0.4 is 11.1 Å². The summed E-state index contributed by atoms with van der Waals surface area (Å²) >= 11 is 0. The number of nitrogens with one attached hydrogen (secondary N) is 1. The molecule has 0 spiro atoms. The smallest absolute Gasteiger partial charge is 0.236 e. The first-order valence-electron chi connectivity index (χ1n) is 5.64. The van der Waals surface area contributed by atoms with E-state index in [1.165, 1.54) is 7.11 Å². The number of hydrogen-bond acceptors (Lipinski definition) is 6. The van der Waals surface area contributed by atoms with E-state index in [1.807, 2.05) is 0 Å². The van der Waals surface area contributed by atoms with E-state index < -0.39 is 27.9 Å². The molecule has 0 heterocycles. The lowest BCUT2D eigenvalue weighted by atomic mass is 10.2. The average Bonchev–Trinajstić information content (AvgIpc) is 2.25. The summed E-state index contributed by atoms with van der Waals surface area (Å²) in [5.41, 5.74) is 5.54. The predicted octanol–water partition coefficient (Wildman–Crippen LogP) is -1.74. The van der Waals surface area contributed by atoms with Gasteiger partial charge in [-0.05, 0) is 12.8 Å². The van der Waals surface area contributed by atoms with Gasteiger partial charge >= 0.3 is 0 Å². The summed E-state index contributed by atoms with van der Waals surface area (Å²) in [4.78, 5) is 11.5. The van der Waals surface area contributed by atoms with E-state index in [9.17, 15) is 18.3 Å². The van der Waals surface area contributed by atoms with E-state index in [0.29, 0.717) is 6.42 Å². The van der Waals surface area contributed by atoms with Gasteiger partial charge < -0.3 is 20.9 Å². The highest BCUT2D eigenvalue weighted by atomic mass is 32.2. The maximum atomic E-state index is 11.5. The number of aliphatic hydroxyl groups is 1. The van der Waals surface area contributed by atoms with Gasteiger partial charge in [0.1, 0.15) is 9.84 Å². The number of methoxy groups -OCH3 is 1. The lowest BCUT2D eigenvalue weighted by Crippen LogP contribution is -2.42. The van der Waals surface area contributed by atoms with E-state index >= 15 is 0 Å². The van der Waals surface area contributed by atoms with E-state index in [1.54, 1.807) is 0 Å². The van der Waals surface area contributed by atoms with Gasteiger partial charge in [0, 0.05) is 19.9 Å². The first-order chi connectivity index (χ1) is 8.26. The molecule has 0 saturated heterocycles. The van der Waals surface area contributed by atoms with E-state index in [0.717, 1.165) is 6.26 Å². The number of rotatable bonds is 9. The Balaban J connectivity index is 3.81. The van der Waals surface area contributed by atoms with Crippen molar-refractivity contribution < 1.29 is 23.1 Å². The SMILES string of the molecule is COCC(O)CCNC(=O)C(N)CCS(C)(=O)=O. The lowest BCUT2D eigenvalue weighted by molar-refractivity contribution is -0.122. The van der Waals surface area contributed by atoms with Crippen LogP contribution in [0.4, 0.5) is 0 Å². The fourth-order valence-corrected chi connectivity index (χ4v) is 1.92. The van der Waals surface area contributed by atoms with Crippen molar-refractivity contribution in [2.24, 2.45) is 5.73 Å². The van der Waals surface area contributed by atoms with Crippen molar-refractivity contribution in [1.82, 2.24) is 5.32 Å². The molecule has 108 valence electrons. The number of ether oxygens (including phenoxy) is 1. The number of hydrogen-bond donors (Lipinski definition) is 3.